The van der Waals surface area contributed by atoms with E-state index in [1.165, 1.54) is 10.9 Å². The Bertz CT molecular complexity index is 528. The summed E-state index contributed by atoms with van der Waals surface area (Å²) in [6, 6.07) is 3.39. The molecule has 0 unspecified atom stereocenters. The van der Waals surface area contributed by atoms with Crippen molar-refractivity contribution in [2.24, 2.45) is 7.05 Å². The maximum atomic E-state index is 12.1. The lowest BCUT2D eigenvalue weighted by atomic mass is 10.1. The standard InChI is InChI=1S/C11H10ClN3O/c1-7-5-8(3-4-13-7)11(16)10-9(12)6-14-15(10)2/h3-6H,1-2H3. The van der Waals surface area contributed by atoms with Crippen LogP contribution in [-0.4, -0.2) is 20.5 Å². The first-order valence-corrected chi connectivity index (χ1v) is 5.12. The fraction of sp³-hybridized carbons (Fsp3) is 0.182. The second-order valence-electron chi connectivity index (χ2n) is 3.48. The highest BCUT2D eigenvalue weighted by atomic mass is 35.5. The Morgan fingerprint density at radius 1 is 1.50 bits per heavy atom. The fourth-order valence-electron chi connectivity index (χ4n) is 1.49. The Balaban J connectivity index is 2.47. The van der Waals surface area contributed by atoms with E-state index < -0.39 is 0 Å². The minimum atomic E-state index is -0.143. The van der Waals surface area contributed by atoms with E-state index in [4.69, 9.17) is 11.6 Å². The predicted octanol–water partition coefficient (Wildman–Crippen LogP) is 2.01. The molecule has 0 radical (unpaired) electrons. The first-order valence-electron chi connectivity index (χ1n) is 4.74. The number of rotatable bonds is 2. The van der Waals surface area contributed by atoms with Gasteiger partial charge in [0.2, 0.25) is 5.78 Å². The summed E-state index contributed by atoms with van der Waals surface area (Å²) in [7, 11) is 1.69. The molecule has 0 spiro atoms. The summed E-state index contributed by atoms with van der Waals surface area (Å²) in [5.74, 6) is -0.143. The van der Waals surface area contributed by atoms with Gasteiger partial charge >= 0.3 is 0 Å². The van der Waals surface area contributed by atoms with Gasteiger partial charge in [0.25, 0.3) is 0 Å². The van der Waals surface area contributed by atoms with Gasteiger partial charge in [0.15, 0.2) is 0 Å². The van der Waals surface area contributed by atoms with E-state index in [0.29, 0.717) is 16.3 Å². The van der Waals surface area contributed by atoms with Crippen molar-refractivity contribution in [3.8, 4) is 0 Å². The van der Waals surface area contributed by atoms with E-state index in [1.807, 2.05) is 6.92 Å². The number of halogens is 1. The molecule has 16 heavy (non-hydrogen) atoms. The molecule has 2 aromatic rings. The number of hydrogen-bond acceptors (Lipinski definition) is 3. The summed E-state index contributed by atoms with van der Waals surface area (Å²) in [5, 5.41) is 4.30. The lowest BCUT2D eigenvalue weighted by Gasteiger charge is -2.02. The van der Waals surface area contributed by atoms with E-state index in [1.54, 1.807) is 25.4 Å². The van der Waals surface area contributed by atoms with Crippen molar-refractivity contribution < 1.29 is 4.79 Å². The molecule has 0 saturated carbocycles. The van der Waals surface area contributed by atoms with Crippen LogP contribution in [0.4, 0.5) is 0 Å². The molecule has 0 N–H and O–H groups in total. The van der Waals surface area contributed by atoms with Crippen LogP contribution in [0, 0.1) is 6.92 Å². The summed E-state index contributed by atoms with van der Waals surface area (Å²) in [6.07, 6.45) is 3.07. The highest BCUT2D eigenvalue weighted by Crippen LogP contribution is 2.18. The topological polar surface area (TPSA) is 47.8 Å². The summed E-state index contributed by atoms with van der Waals surface area (Å²) in [5.41, 5.74) is 1.76. The zero-order valence-corrected chi connectivity index (χ0v) is 9.69. The van der Waals surface area contributed by atoms with Crippen LogP contribution < -0.4 is 0 Å². The highest BCUT2D eigenvalue weighted by molar-refractivity contribution is 6.34. The quantitative estimate of drug-likeness (QED) is 0.748. The van der Waals surface area contributed by atoms with Crippen LogP contribution in [0.5, 0.6) is 0 Å². The van der Waals surface area contributed by atoms with Gasteiger partial charge in [-0.05, 0) is 19.1 Å². The summed E-state index contributed by atoms with van der Waals surface area (Å²) < 4.78 is 1.47. The molecule has 82 valence electrons. The van der Waals surface area contributed by atoms with Gasteiger partial charge in [0, 0.05) is 24.5 Å². The van der Waals surface area contributed by atoms with Gasteiger partial charge < -0.3 is 0 Å². The number of carbonyl (C=O) groups is 1. The van der Waals surface area contributed by atoms with Crippen molar-refractivity contribution >= 4 is 17.4 Å². The van der Waals surface area contributed by atoms with Crippen LogP contribution in [0.25, 0.3) is 0 Å². The van der Waals surface area contributed by atoms with E-state index in [0.717, 1.165) is 5.69 Å². The van der Waals surface area contributed by atoms with Crippen LogP contribution in [0.15, 0.2) is 24.5 Å². The second kappa shape index (κ2) is 4.06. The molecule has 0 atom stereocenters. The Hall–Kier alpha value is -1.68. The summed E-state index contributed by atoms with van der Waals surface area (Å²) >= 11 is 5.91. The van der Waals surface area contributed by atoms with Crippen LogP contribution >= 0.6 is 11.6 Å². The monoisotopic (exact) mass is 235 g/mol. The Labute approximate surface area is 97.9 Å². The van der Waals surface area contributed by atoms with Crippen molar-refractivity contribution in [3.05, 3.63) is 46.5 Å². The summed E-state index contributed by atoms with van der Waals surface area (Å²) in [4.78, 5) is 16.2. The van der Waals surface area contributed by atoms with Gasteiger partial charge in [0.05, 0.1) is 11.2 Å². The van der Waals surface area contributed by atoms with Crippen molar-refractivity contribution in [2.75, 3.05) is 0 Å². The van der Waals surface area contributed by atoms with Gasteiger partial charge in [0.1, 0.15) is 5.69 Å². The van der Waals surface area contributed by atoms with Crippen molar-refractivity contribution in [1.82, 2.24) is 14.8 Å². The molecule has 0 aliphatic carbocycles. The maximum Gasteiger partial charge on any atom is 0.212 e. The molecule has 0 amide bonds. The summed E-state index contributed by atoms with van der Waals surface area (Å²) in [6.45, 7) is 1.83. The van der Waals surface area contributed by atoms with Gasteiger partial charge in [-0.15, -0.1) is 0 Å². The van der Waals surface area contributed by atoms with Crippen LogP contribution in [-0.2, 0) is 7.05 Å². The molecule has 0 bridgehead atoms. The second-order valence-corrected chi connectivity index (χ2v) is 3.89. The normalized spacial score (nSPS) is 10.4. The van der Waals surface area contributed by atoms with Crippen molar-refractivity contribution in [2.45, 2.75) is 6.92 Å². The largest absolute Gasteiger partial charge is 0.287 e. The molecule has 0 aliphatic heterocycles. The third kappa shape index (κ3) is 1.84. The van der Waals surface area contributed by atoms with E-state index in [2.05, 4.69) is 10.1 Å². The molecule has 4 nitrogen and oxygen atoms in total. The molecular weight excluding hydrogens is 226 g/mol. The zero-order chi connectivity index (χ0) is 11.7. The van der Waals surface area contributed by atoms with Gasteiger partial charge in [-0.3, -0.25) is 14.5 Å². The van der Waals surface area contributed by atoms with Crippen molar-refractivity contribution in [3.63, 3.8) is 0 Å². The maximum absolute atomic E-state index is 12.1. The first kappa shape index (κ1) is 10.8. The number of aromatic nitrogens is 3. The Morgan fingerprint density at radius 3 is 2.81 bits per heavy atom. The Kier molecular flexibility index (Phi) is 2.75. The molecule has 5 heteroatoms. The number of pyridine rings is 1. The lowest BCUT2D eigenvalue weighted by molar-refractivity contribution is 0.103. The van der Waals surface area contributed by atoms with Gasteiger partial charge in [-0.2, -0.15) is 5.10 Å². The smallest absolute Gasteiger partial charge is 0.212 e. The van der Waals surface area contributed by atoms with Crippen LogP contribution in [0.2, 0.25) is 5.02 Å². The molecule has 2 heterocycles. The molecular formula is C11H10ClN3O. The average Bonchev–Trinajstić information content (AvgIpc) is 2.58. The van der Waals surface area contributed by atoms with E-state index in [-0.39, 0.29) is 5.78 Å². The minimum Gasteiger partial charge on any atom is -0.287 e. The Morgan fingerprint density at radius 2 is 2.25 bits per heavy atom. The SMILES string of the molecule is Cc1cc(C(=O)c2c(Cl)cnn2C)ccn1. The van der Waals surface area contributed by atoms with Crippen LogP contribution in [0.3, 0.4) is 0 Å². The van der Waals surface area contributed by atoms with E-state index in [9.17, 15) is 4.79 Å². The molecule has 0 aromatic carbocycles. The highest BCUT2D eigenvalue weighted by Gasteiger charge is 2.17. The molecule has 2 aromatic heterocycles. The van der Waals surface area contributed by atoms with Crippen LogP contribution in [0.1, 0.15) is 21.7 Å². The number of carbonyl (C=O) groups excluding carboxylic acids is 1. The zero-order valence-electron chi connectivity index (χ0n) is 8.94. The molecule has 0 aliphatic rings. The molecule has 2 rings (SSSR count). The molecule has 0 fully saturated rings. The predicted molar refractivity (Wildman–Crippen MR) is 60.6 cm³/mol. The number of ketones is 1. The third-order valence-corrected chi connectivity index (χ3v) is 2.54. The first-order chi connectivity index (χ1) is 7.59. The average molecular weight is 236 g/mol. The number of nitrogens with zero attached hydrogens (tertiary/aromatic N) is 3. The van der Waals surface area contributed by atoms with Gasteiger partial charge in [-0.1, -0.05) is 11.6 Å². The number of aryl methyl sites for hydroxylation is 2. The third-order valence-electron chi connectivity index (χ3n) is 2.27. The van der Waals surface area contributed by atoms with E-state index >= 15 is 0 Å². The lowest BCUT2D eigenvalue weighted by Crippen LogP contribution is -2.09. The van der Waals surface area contributed by atoms with Gasteiger partial charge in [-0.25, -0.2) is 0 Å². The minimum absolute atomic E-state index is 0.143. The number of hydrogen-bond donors (Lipinski definition) is 0. The molecule has 0 saturated heterocycles. The van der Waals surface area contributed by atoms with Crippen molar-refractivity contribution in [1.29, 1.82) is 0 Å². The fourth-order valence-corrected chi connectivity index (χ4v) is 1.74.